The Hall–Kier alpha value is -2.32. The van der Waals surface area contributed by atoms with Crippen molar-refractivity contribution in [2.45, 2.75) is 0 Å². The molecule has 0 bridgehead atoms. The molecule has 0 aliphatic heterocycles. The minimum absolute atomic E-state index is 0.215. The molecule has 0 aliphatic rings. The number of benzene rings is 2. The third-order valence-corrected chi connectivity index (χ3v) is 3.39. The molecule has 0 aliphatic carbocycles. The summed E-state index contributed by atoms with van der Waals surface area (Å²) in [5.41, 5.74) is 3.21. The maximum absolute atomic E-state index is 9.54. The molecule has 98 valence electrons. The second kappa shape index (κ2) is 4.99. The van der Waals surface area contributed by atoms with Crippen LogP contribution in [0.5, 0.6) is 5.75 Å². The Balaban J connectivity index is 2.07. The van der Waals surface area contributed by atoms with Gasteiger partial charge in [-0.2, -0.15) is 0 Å². The molecule has 1 N–H and O–H groups in total. The van der Waals surface area contributed by atoms with E-state index in [0.29, 0.717) is 5.02 Å². The summed E-state index contributed by atoms with van der Waals surface area (Å²) in [6.07, 6.45) is 0. The summed E-state index contributed by atoms with van der Waals surface area (Å²) in [5.74, 6) is 0.215. The highest BCUT2D eigenvalue weighted by Crippen LogP contribution is 2.25. The Labute approximate surface area is 122 Å². The zero-order valence-electron chi connectivity index (χ0n) is 10.7. The van der Waals surface area contributed by atoms with E-state index < -0.39 is 0 Å². The lowest BCUT2D eigenvalue weighted by Gasteiger charge is -2.07. The average molecular weight is 282 g/mol. The van der Waals surface area contributed by atoms with Gasteiger partial charge in [-0.25, -0.2) is 4.98 Å². The van der Waals surface area contributed by atoms with Crippen molar-refractivity contribution in [3.8, 4) is 5.75 Å². The Morgan fingerprint density at radius 2 is 1.85 bits per heavy atom. The number of halogens is 1. The van der Waals surface area contributed by atoms with Crippen LogP contribution in [0.1, 0.15) is 11.3 Å². The minimum Gasteiger partial charge on any atom is -0.508 e. The molecule has 0 spiro atoms. The van der Waals surface area contributed by atoms with Gasteiger partial charge in [0.1, 0.15) is 5.75 Å². The molecule has 0 atom stereocenters. The van der Waals surface area contributed by atoms with Crippen LogP contribution in [0, 0.1) is 0 Å². The predicted molar refractivity (Wildman–Crippen MR) is 83.0 cm³/mol. The van der Waals surface area contributed by atoms with Crippen LogP contribution < -0.4 is 0 Å². The fourth-order valence-electron chi connectivity index (χ4n) is 2.10. The van der Waals surface area contributed by atoms with Crippen LogP contribution >= 0.6 is 11.6 Å². The molecule has 0 radical (unpaired) electrons. The third kappa shape index (κ3) is 2.38. The predicted octanol–water partition coefficient (Wildman–Crippen LogP) is 4.66. The first-order valence-electron chi connectivity index (χ1n) is 6.18. The average Bonchev–Trinajstić information content (AvgIpc) is 2.45. The maximum Gasteiger partial charge on any atom is 0.116 e. The molecule has 0 amide bonds. The van der Waals surface area contributed by atoms with Gasteiger partial charge in [-0.1, -0.05) is 42.4 Å². The van der Waals surface area contributed by atoms with Crippen LogP contribution in [-0.4, -0.2) is 10.1 Å². The van der Waals surface area contributed by atoms with Crippen LogP contribution in [0.3, 0.4) is 0 Å². The summed E-state index contributed by atoms with van der Waals surface area (Å²) < 4.78 is 0. The first kappa shape index (κ1) is 12.7. The SMILES string of the molecule is C=C(c1cccc(O)c1)c1ccc2ccc(Cl)cc2n1. The number of phenols is 1. The van der Waals surface area contributed by atoms with Crippen molar-refractivity contribution in [2.75, 3.05) is 0 Å². The largest absolute Gasteiger partial charge is 0.508 e. The van der Waals surface area contributed by atoms with Crippen molar-refractivity contribution in [2.24, 2.45) is 0 Å². The highest BCUT2D eigenvalue weighted by atomic mass is 35.5. The van der Waals surface area contributed by atoms with Crippen LogP contribution in [-0.2, 0) is 0 Å². The zero-order valence-corrected chi connectivity index (χ0v) is 11.4. The molecule has 3 rings (SSSR count). The van der Waals surface area contributed by atoms with Crippen LogP contribution in [0.25, 0.3) is 16.5 Å². The van der Waals surface area contributed by atoms with E-state index in [1.165, 1.54) is 0 Å². The van der Waals surface area contributed by atoms with Gasteiger partial charge in [0, 0.05) is 16.0 Å². The molecule has 0 fully saturated rings. The Bertz CT molecular complexity index is 811. The second-order valence-corrected chi connectivity index (χ2v) is 5.00. The van der Waals surface area contributed by atoms with Crippen LogP contribution in [0.2, 0.25) is 5.02 Å². The van der Waals surface area contributed by atoms with Crippen molar-refractivity contribution in [1.82, 2.24) is 4.98 Å². The fraction of sp³-hybridized carbons (Fsp3) is 0. The number of aromatic hydroxyl groups is 1. The fourth-order valence-corrected chi connectivity index (χ4v) is 2.27. The quantitative estimate of drug-likeness (QED) is 0.741. The van der Waals surface area contributed by atoms with E-state index in [2.05, 4.69) is 11.6 Å². The summed E-state index contributed by atoms with van der Waals surface area (Å²) in [6, 6.07) is 16.5. The lowest BCUT2D eigenvalue weighted by atomic mass is 10.0. The van der Waals surface area contributed by atoms with Crippen molar-refractivity contribution in [1.29, 1.82) is 0 Å². The molecule has 2 nitrogen and oxygen atoms in total. The molecule has 0 saturated heterocycles. The van der Waals surface area contributed by atoms with Gasteiger partial charge in [-0.15, -0.1) is 0 Å². The van der Waals surface area contributed by atoms with E-state index in [9.17, 15) is 5.11 Å². The van der Waals surface area contributed by atoms with Gasteiger partial charge >= 0.3 is 0 Å². The van der Waals surface area contributed by atoms with Gasteiger partial charge in [-0.3, -0.25) is 0 Å². The Morgan fingerprint density at radius 3 is 2.65 bits per heavy atom. The van der Waals surface area contributed by atoms with E-state index in [1.54, 1.807) is 18.2 Å². The number of rotatable bonds is 2. The highest BCUT2D eigenvalue weighted by molar-refractivity contribution is 6.31. The standard InChI is InChI=1S/C17H12ClNO/c1-11(13-3-2-4-15(20)9-13)16-8-6-12-5-7-14(18)10-17(12)19-16/h2-10,20H,1H2. The van der Waals surface area contributed by atoms with Gasteiger partial charge in [0.05, 0.1) is 11.2 Å². The number of fused-ring (bicyclic) bond motifs is 1. The van der Waals surface area contributed by atoms with E-state index in [1.807, 2.05) is 36.4 Å². The molecular weight excluding hydrogens is 270 g/mol. The summed E-state index contributed by atoms with van der Waals surface area (Å²) in [7, 11) is 0. The minimum atomic E-state index is 0.215. The molecule has 0 saturated carbocycles. The Morgan fingerprint density at radius 1 is 1.05 bits per heavy atom. The van der Waals surface area contributed by atoms with E-state index in [0.717, 1.165) is 27.7 Å². The number of pyridine rings is 1. The normalized spacial score (nSPS) is 10.7. The van der Waals surface area contributed by atoms with Gasteiger partial charge < -0.3 is 5.11 Å². The van der Waals surface area contributed by atoms with Crippen molar-refractivity contribution < 1.29 is 5.11 Å². The number of hydrogen-bond acceptors (Lipinski definition) is 2. The van der Waals surface area contributed by atoms with Gasteiger partial charge in [0.25, 0.3) is 0 Å². The lowest BCUT2D eigenvalue weighted by Crippen LogP contribution is -1.91. The van der Waals surface area contributed by atoms with Crippen molar-refractivity contribution in [3.63, 3.8) is 0 Å². The number of nitrogens with zero attached hydrogens (tertiary/aromatic N) is 1. The summed E-state index contributed by atoms with van der Waals surface area (Å²) in [6.45, 7) is 4.06. The maximum atomic E-state index is 9.54. The number of aromatic nitrogens is 1. The smallest absolute Gasteiger partial charge is 0.116 e. The summed E-state index contributed by atoms with van der Waals surface area (Å²) in [5, 5.41) is 11.2. The monoisotopic (exact) mass is 281 g/mol. The Kier molecular flexibility index (Phi) is 3.17. The molecule has 1 heterocycles. The highest BCUT2D eigenvalue weighted by Gasteiger charge is 2.06. The molecule has 3 heteroatoms. The molecular formula is C17H12ClNO. The third-order valence-electron chi connectivity index (χ3n) is 3.16. The molecule has 1 aromatic heterocycles. The van der Waals surface area contributed by atoms with Crippen molar-refractivity contribution in [3.05, 3.63) is 77.5 Å². The zero-order chi connectivity index (χ0) is 14.1. The van der Waals surface area contributed by atoms with Gasteiger partial charge in [0.15, 0.2) is 0 Å². The molecule has 2 aromatic carbocycles. The second-order valence-electron chi connectivity index (χ2n) is 4.56. The van der Waals surface area contributed by atoms with Crippen LogP contribution in [0.4, 0.5) is 0 Å². The first-order chi connectivity index (χ1) is 9.63. The molecule has 3 aromatic rings. The van der Waals surface area contributed by atoms with E-state index in [-0.39, 0.29) is 5.75 Å². The molecule has 0 unspecified atom stereocenters. The topological polar surface area (TPSA) is 33.1 Å². The summed E-state index contributed by atoms with van der Waals surface area (Å²) in [4.78, 5) is 4.58. The lowest BCUT2D eigenvalue weighted by molar-refractivity contribution is 0.475. The van der Waals surface area contributed by atoms with E-state index >= 15 is 0 Å². The van der Waals surface area contributed by atoms with E-state index in [4.69, 9.17) is 11.6 Å². The number of hydrogen-bond donors (Lipinski definition) is 1. The first-order valence-corrected chi connectivity index (χ1v) is 6.56. The van der Waals surface area contributed by atoms with Gasteiger partial charge in [0.2, 0.25) is 0 Å². The van der Waals surface area contributed by atoms with Crippen molar-refractivity contribution >= 4 is 28.1 Å². The van der Waals surface area contributed by atoms with Gasteiger partial charge in [-0.05, 0) is 35.9 Å². The number of phenolic OH excluding ortho intramolecular Hbond substituents is 1. The molecule has 20 heavy (non-hydrogen) atoms. The summed E-state index contributed by atoms with van der Waals surface area (Å²) >= 11 is 5.99. The van der Waals surface area contributed by atoms with Crippen LogP contribution in [0.15, 0.2) is 61.2 Å².